The van der Waals surface area contributed by atoms with Crippen molar-refractivity contribution in [2.24, 2.45) is 0 Å². The largest absolute Gasteiger partial charge is 0.394 e. The predicted molar refractivity (Wildman–Crippen MR) is 82.0 cm³/mol. The van der Waals surface area contributed by atoms with Gasteiger partial charge in [-0.15, -0.1) is 11.3 Å². The van der Waals surface area contributed by atoms with Crippen LogP contribution in [0.4, 0.5) is 11.5 Å². The van der Waals surface area contributed by atoms with Crippen LogP contribution >= 0.6 is 22.9 Å². The number of nitrogen functional groups attached to an aromatic ring is 1. The van der Waals surface area contributed by atoms with Gasteiger partial charge in [0.05, 0.1) is 11.4 Å². The van der Waals surface area contributed by atoms with Gasteiger partial charge in [-0.05, 0) is 44.5 Å². The Bertz CT molecular complexity index is 582. The summed E-state index contributed by atoms with van der Waals surface area (Å²) in [5.41, 5.74) is 7.20. The molecule has 0 saturated carbocycles. The first-order valence-corrected chi connectivity index (χ1v) is 7.26. The summed E-state index contributed by atoms with van der Waals surface area (Å²) >= 11 is 7.66. The van der Waals surface area contributed by atoms with Crippen molar-refractivity contribution in [2.75, 3.05) is 11.1 Å². The van der Waals surface area contributed by atoms with Gasteiger partial charge in [0.25, 0.3) is 0 Å². The van der Waals surface area contributed by atoms with Gasteiger partial charge in [0.1, 0.15) is 0 Å². The number of nitrogens with one attached hydrogen (secondary N) is 1. The number of hydrogen-bond acceptors (Lipinski definition) is 5. The summed E-state index contributed by atoms with van der Waals surface area (Å²) in [6.45, 7) is 6.03. The Morgan fingerprint density at radius 1 is 1.37 bits per heavy atom. The number of aromatic nitrogens is 2. The lowest BCUT2D eigenvalue weighted by Crippen LogP contribution is -2.20. The van der Waals surface area contributed by atoms with E-state index in [1.54, 1.807) is 0 Å². The molecule has 3 N–H and O–H groups in total. The monoisotopic (exact) mass is 296 g/mol. The quantitative estimate of drug-likeness (QED) is 0.849. The minimum absolute atomic E-state index is 0.216. The number of aryl methyl sites for hydroxylation is 2. The molecule has 1 unspecified atom stereocenters. The number of thiophene rings is 1. The molecule has 0 fully saturated rings. The minimum atomic E-state index is 0.216. The van der Waals surface area contributed by atoms with Crippen LogP contribution in [0.2, 0.25) is 5.28 Å². The number of halogens is 1. The summed E-state index contributed by atoms with van der Waals surface area (Å²) in [4.78, 5) is 10.8. The first-order valence-electron chi connectivity index (χ1n) is 6.07. The Kier molecular flexibility index (Phi) is 4.27. The third-order valence-electron chi connectivity index (χ3n) is 2.80. The number of anilines is 2. The smallest absolute Gasteiger partial charge is 0.224 e. The van der Waals surface area contributed by atoms with Crippen LogP contribution in [0, 0.1) is 13.8 Å². The van der Waals surface area contributed by atoms with E-state index in [2.05, 4.69) is 41.3 Å². The van der Waals surface area contributed by atoms with E-state index >= 15 is 0 Å². The van der Waals surface area contributed by atoms with Crippen LogP contribution in [0.1, 0.15) is 22.4 Å². The predicted octanol–water partition coefficient (Wildman–Crippen LogP) is 3.43. The third kappa shape index (κ3) is 3.58. The lowest BCUT2D eigenvalue weighted by molar-refractivity contribution is 0.793. The molecule has 0 saturated heterocycles. The normalized spacial score (nSPS) is 12.4. The third-order valence-corrected chi connectivity index (χ3v) is 3.99. The number of nitrogens with zero attached hydrogens (tertiary/aromatic N) is 2. The Balaban J connectivity index is 2.08. The van der Waals surface area contributed by atoms with E-state index in [4.69, 9.17) is 17.3 Å². The van der Waals surface area contributed by atoms with E-state index in [1.165, 1.54) is 9.75 Å². The van der Waals surface area contributed by atoms with Gasteiger partial charge in [-0.25, -0.2) is 4.98 Å². The lowest BCUT2D eigenvalue weighted by Gasteiger charge is -2.16. The SMILES string of the molecule is Cc1ccc(CC(C)Nc2nc(Cl)nc(C)c2N)s1. The van der Waals surface area contributed by atoms with Gasteiger partial charge in [-0.1, -0.05) is 0 Å². The zero-order valence-corrected chi connectivity index (χ0v) is 12.8. The molecule has 0 spiro atoms. The van der Waals surface area contributed by atoms with Crippen LogP contribution in [0.25, 0.3) is 0 Å². The van der Waals surface area contributed by atoms with Gasteiger partial charge in [0.2, 0.25) is 5.28 Å². The van der Waals surface area contributed by atoms with Gasteiger partial charge in [0, 0.05) is 22.2 Å². The maximum Gasteiger partial charge on any atom is 0.224 e. The van der Waals surface area contributed by atoms with E-state index in [9.17, 15) is 0 Å². The maximum absolute atomic E-state index is 5.95. The van der Waals surface area contributed by atoms with E-state index in [1.807, 2.05) is 18.3 Å². The molecule has 6 heteroatoms. The molecule has 0 amide bonds. The molecule has 102 valence electrons. The van der Waals surface area contributed by atoms with Crippen molar-refractivity contribution in [1.29, 1.82) is 0 Å². The molecule has 0 aliphatic heterocycles. The second-order valence-electron chi connectivity index (χ2n) is 4.60. The molecule has 2 aromatic heterocycles. The summed E-state index contributed by atoms with van der Waals surface area (Å²) in [5, 5.41) is 3.51. The highest BCUT2D eigenvalue weighted by molar-refractivity contribution is 7.11. The topological polar surface area (TPSA) is 63.8 Å². The number of nitrogens with two attached hydrogens (primary N) is 1. The van der Waals surface area contributed by atoms with Gasteiger partial charge >= 0.3 is 0 Å². The zero-order chi connectivity index (χ0) is 14.0. The maximum atomic E-state index is 5.95. The molecule has 0 radical (unpaired) electrons. The van der Waals surface area contributed by atoms with Crippen LogP contribution in [-0.4, -0.2) is 16.0 Å². The summed E-state index contributed by atoms with van der Waals surface area (Å²) in [6.07, 6.45) is 0.929. The zero-order valence-electron chi connectivity index (χ0n) is 11.2. The molecule has 0 aliphatic carbocycles. The summed E-state index contributed by atoms with van der Waals surface area (Å²) in [6, 6.07) is 4.51. The molecule has 2 rings (SSSR count). The second-order valence-corrected chi connectivity index (χ2v) is 6.31. The molecular formula is C13H17ClN4S. The van der Waals surface area contributed by atoms with Crippen LogP contribution in [0.15, 0.2) is 12.1 Å². The summed E-state index contributed by atoms with van der Waals surface area (Å²) < 4.78 is 0. The van der Waals surface area contributed by atoms with Crippen molar-refractivity contribution in [3.63, 3.8) is 0 Å². The van der Waals surface area contributed by atoms with Crippen LogP contribution in [-0.2, 0) is 6.42 Å². The van der Waals surface area contributed by atoms with Crippen molar-refractivity contribution < 1.29 is 0 Å². The van der Waals surface area contributed by atoms with Crippen LogP contribution in [0.5, 0.6) is 0 Å². The van der Waals surface area contributed by atoms with Crippen LogP contribution < -0.4 is 11.1 Å². The van der Waals surface area contributed by atoms with Gasteiger partial charge in [0.15, 0.2) is 5.82 Å². The molecule has 0 bridgehead atoms. The molecule has 0 aliphatic rings. The minimum Gasteiger partial charge on any atom is -0.394 e. The molecule has 4 nitrogen and oxygen atoms in total. The Labute approximate surface area is 122 Å². The first-order chi connectivity index (χ1) is 8.95. The first kappa shape index (κ1) is 14.1. The molecular weight excluding hydrogens is 280 g/mol. The van der Waals surface area contributed by atoms with E-state index in [0.717, 1.165) is 6.42 Å². The van der Waals surface area contributed by atoms with Gasteiger partial charge in [-0.3, -0.25) is 0 Å². The average molecular weight is 297 g/mol. The Hall–Kier alpha value is -1.33. The molecule has 0 aromatic carbocycles. The summed E-state index contributed by atoms with van der Waals surface area (Å²) in [5.74, 6) is 0.610. The fourth-order valence-electron chi connectivity index (χ4n) is 1.84. The lowest BCUT2D eigenvalue weighted by atomic mass is 10.2. The molecule has 19 heavy (non-hydrogen) atoms. The number of hydrogen-bond donors (Lipinski definition) is 2. The van der Waals surface area contributed by atoms with E-state index < -0.39 is 0 Å². The van der Waals surface area contributed by atoms with Crippen molar-refractivity contribution in [3.8, 4) is 0 Å². The van der Waals surface area contributed by atoms with E-state index in [-0.39, 0.29) is 11.3 Å². The second kappa shape index (κ2) is 5.75. The average Bonchev–Trinajstić information content (AvgIpc) is 2.70. The molecule has 2 aromatic rings. The Morgan fingerprint density at radius 3 is 2.74 bits per heavy atom. The highest BCUT2D eigenvalue weighted by atomic mass is 35.5. The fraction of sp³-hybridized carbons (Fsp3) is 0.385. The van der Waals surface area contributed by atoms with Crippen molar-refractivity contribution in [2.45, 2.75) is 33.2 Å². The van der Waals surface area contributed by atoms with Gasteiger partial charge < -0.3 is 11.1 Å². The van der Waals surface area contributed by atoms with Crippen molar-refractivity contribution in [3.05, 3.63) is 32.9 Å². The standard InChI is InChI=1S/C13H17ClN4S/c1-7(6-10-5-4-8(2)19-10)16-12-11(15)9(3)17-13(14)18-12/h4-5,7H,6,15H2,1-3H3,(H,16,17,18). The van der Waals surface area contributed by atoms with Crippen molar-refractivity contribution >= 4 is 34.4 Å². The molecule has 1 atom stereocenters. The van der Waals surface area contributed by atoms with E-state index in [0.29, 0.717) is 17.2 Å². The fourth-order valence-corrected chi connectivity index (χ4v) is 3.07. The Morgan fingerprint density at radius 2 is 2.11 bits per heavy atom. The molecule has 2 heterocycles. The highest BCUT2D eigenvalue weighted by Crippen LogP contribution is 2.23. The van der Waals surface area contributed by atoms with Crippen molar-refractivity contribution in [1.82, 2.24) is 9.97 Å². The van der Waals surface area contributed by atoms with Crippen LogP contribution in [0.3, 0.4) is 0 Å². The highest BCUT2D eigenvalue weighted by Gasteiger charge is 2.11. The van der Waals surface area contributed by atoms with Gasteiger partial charge in [-0.2, -0.15) is 4.98 Å². The summed E-state index contributed by atoms with van der Waals surface area (Å²) in [7, 11) is 0. The number of rotatable bonds is 4.